The van der Waals surface area contributed by atoms with Gasteiger partial charge in [0, 0.05) is 21.2 Å². The van der Waals surface area contributed by atoms with Gasteiger partial charge in [-0.25, -0.2) is 0 Å². The summed E-state index contributed by atoms with van der Waals surface area (Å²) in [4.78, 5) is 0. The minimum atomic E-state index is 0.839. The topological polar surface area (TPSA) is 12.0 Å². The molecule has 1 N–H and O–H groups in total. The molecule has 0 unspecified atom stereocenters. The molecule has 0 amide bonds. The van der Waals surface area contributed by atoms with E-state index in [-0.39, 0.29) is 0 Å². The molecule has 94 valence electrons. The molecule has 18 heavy (non-hydrogen) atoms. The van der Waals surface area contributed by atoms with Gasteiger partial charge in [0.05, 0.1) is 0 Å². The number of halogens is 2. The summed E-state index contributed by atoms with van der Waals surface area (Å²) in [5.74, 6) is 0. The Balaban J connectivity index is 2.11. The van der Waals surface area contributed by atoms with Gasteiger partial charge in [0.2, 0.25) is 0 Å². The molecule has 0 aliphatic carbocycles. The SMILES string of the molecule is Cc1cc(CNc2cccc(Br)c2C)ccc1Br. The van der Waals surface area contributed by atoms with Crippen LogP contribution in [0.25, 0.3) is 0 Å². The van der Waals surface area contributed by atoms with Gasteiger partial charge in [0.1, 0.15) is 0 Å². The standard InChI is InChI=1S/C15H15Br2N/c1-10-8-12(6-7-13(10)16)9-18-15-5-3-4-14(17)11(15)2/h3-8,18H,9H2,1-2H3. The van der Waals surface area contributed by atoms with Gasteiger partial charge in [-0.15, -0.1) is 0 Å². The average Bonchev–Trinajstić information content (AvgIpc) is 2.35. The highest BCUT2D eigenvalue weighted by Crippen LogP contribution is 2.24. The molecule has 0 aromatic heterocycles. The highest BCUT2D eigenvalue weighted by Gasteiger charge is 2.02. The average molecular weight is 369 g/mol. The van der Waals surface area contributed by atoms with Crippen molar-refractivity contribution < 1.29 is 0 Å². The normalized spacial score (nSPS) is 10.4. The molecule has 2 aromatic carbocycles. The summed E-state index contributed by atoms with van der Waals surface area (Å²) in [5, 5.41) is 3.47. The molecule has 0 radical (unpaired) electrons. The Bertz CT molecular complexity index is 564. The van der Waals surface area contributed by atoms with Crippen LogP contribution in [-0.4, -0.2) is 0 Å². The van der Waals surface area contributed by atoms with Crippen LogP contribution in [0.3, 0.4) is 0 Å². The van der Waals surface area contributed by atoms with Crippen molar-refractivity contribution in [2.24, 2.45) is 0 Å². The third-order valence-corrected chi connectivity index (χ3v) is 4.72. The molecule has 2 rings (SSSR count). The van der Waals surface area contributed by atoms with Crippen molar-refractivity contribution in [2.75, 3.05) is 5.32 Å². The molecule has 2 aromatic rings. The summed E-state index contributed by atoms with van der Waals surface area (Å²) in [6.07, 6.45) is 0. The Morgan fingerprint density at radius 1 is 1.00 bits per heavy atom. The molecular weight excluding hydrogens is 354 g/mol. The zero-order valence-corrected chi connectivity index (χ0v) is 13.6. The lowest BCUT2D eigenvalue weighted by Crippen LogP contribution is -2.01. The summed E-state index contributed by atoms with van der Waals surface area (Å²) in [5.41, 5.74) is 4.96. The van der Waals surface area contributed by atoms with Crippen molar-refractivity contribution in [1.29, 1.82) is 0 Å². The van der Waals surface area contributed by atoms with Crippen LogP contribution >= 0.6 is 31.9 Å². The van der Waals surface area contributed by atoms with E-state index in [1.165, 1.54) is 22.4 Å². The molecule has 1 nitrogen and oxygen atoms in total. The van der Waals surface area contributed by atoms with Gasteiger partial charge in [-0.3, -0.25) is 0 Å². The minimum Gasteiger partial charge on any atom is -0.381 e. The fourth-order valence-corrected chi connectivity index (χ4v) is 2.43. The van der Waals surface area contributed by atoms with Gasteiger partial charge >= 0.3 is 0 Å². The zero-order chi connectivity index (χ0) is 13.1. The first-order valence-electron chi connectivity index (χ1n) is 5.82. The van der Waals surface area contributed by atoms with Crippen molar-refractivity contribution in [1.82, 2.24) is 0 Å². The van der Waals surface area contributed by atoms with Crippen LogP contribution in [0.4, 0.5) is 5.69 Å². The van der Waals surface area contributed by atoms with Crippen LogP contribution in [0.15, 0.2) is 45.3 Å². The van der Waals surface area contributed by atoms with E-state index < -0.39 is 0 Å². The molecule has 0 aliphatic heterocycles. The Hall–Kier alpha value is -0.800. The number of rotatable bonds is 3. The molecular formula is C15H15Br2N. The lowest BCUT2D eigenvalue weighted by molar-refractivity contribution is 1.13. The van der Waals surface area contributed by atoms with E-state index in [0.29, 0.717) is 0 Å². The first kappa shape index (κ1) is 13.6. The van der Waals surface area contributed by atoms with Gasteiger partial charge in [0.25, 0.3) is 0 Å². The minimum absolute atomic E-state index is 0.839. The van der Waals surface area contributed by atoms with Crippen LogP contribution in [0.2, 0.25) is 0 Å². The molecule has 0 atom stereocenters. The fourth-order valence-electron chi connectivity index (χ4n) is 1.81. The van der Waals surface area contributed by atoms with E-state index in [0.717, 1.165) is 15.5 Å². The van der Waals surface area contributed by atoms with Gasteiger partial charge in [-0.2, -0.15) is 0 Å². The van der Waals surface area contributed by atoms with Crippen LogP contribution in [0.1, 0.15) is 16.7 Å². The number of nitrogens with one attached hydrogen (secondary N) is 1. The number of anilines is 1. The third-order valence-electron chi connectivity index (χ3n) is 2.97. The van der Waals surface area contributed by atoms with E-state index in [2.05, 4.69) is 81.4 Å². The highest BCUT2D eigenvalue weighted by atomic mass is 79.9. The van der Waals surface area contributed by atoms with Crippen LogP contribution in [0.5, 0.6) is 0 Å². The van der Waals surface area contributed by atoms with Crippen molar-refractivity contribution in [3.8, 4) is 0 Å². The zero-order valence-electron chi connectivity index (χ0n) is 10.4. The molecule has 0 fully saturated rings. The van der Waals surface area contributed by atoms with Gasteiger partial charge in [-0.1, -0.05) is 50.1 Å². The van der Waals surface area contributed by atoms with Gasteiger partial charge in [0.15, 0.2) is 0 Å². The Morgan fingerprint density at radius 2 is 1.78 bits per heavy atom. The maximum Gasteiger partial charge on any atom is 0.0400 e. The van der Waals surface area contributed by atoms with Crippen molar-refractivity contribution in [2.45, 2.75) is 20.4 Å². The Labute approximate surface area is 125 Å². The fraction of sp³-hybridized carbons (Fsp3) is 0.200. The molecule has 0 bridgehead atoms. The number of hydrogen-bond donors (Lipinski definition) is 1. The van der Waals surface area contributed by atoms with Crippen LogP contribution in [-0.2, 0) is 6.54 Å². The van der Waals surface area contributed by atoms with Crippen molar-refractivity contribution in [3.63, 3.8) is 0 Å². The molecule has 0 heterocycles. The summed E-state index contributed by atoms with van der Waals surface area (Å²) in [6.45, 7) is 5.06. The summed E-state index contributed by atoms with van der Waals surface area (Å²) in [7, 11) is 0. The predicted octanol–water partition coefficient (Wildman–Crippen LogP) is 5.44. The molecule has 0 aliphatic rings. The maximum absolute atomic E-state index is 3.55. The summed E-state index contributed by atoms with van der Waals surface area (Å²) < 4.78 is 2.30. The highest BCUT2D eigenvalue weighted by molar-refractivity contribution is 9.10. The number of hydrogen-bond acceptors (Lipinski definition) is 1. The van der Waals surface area contributed by atoms with Crippen molar-refractivity contribution >= 4 is 37.5 Å². The predicted molar refractivity (Wildman–Crippen MR) is 85.1 cm³/mol. The van der Waals surface area contributed by atoms with E-state index in [9.17, 15) is 0 Å². The summed E-state index contributed by atoms with van der Waals surface area (Å²) >= 11 is 7.07. The molecule has 0 saturated carbocycles. The van der Waals surface area contributed by atoms with Crippen molar-refractivity contribution in [3.05, 3.63) is 62.0 Å². The third kappa shape index (κ3) is 3.15. The van der Waals surface area contributed by atoms with Gasteiger partial charge in [-0.05, 0) is 48.7 Å². The lowest BCUT2D eigenvalue weighted by atomic mass is 10.1. The molecule has 0 saturated heterocycles. The quantitative estimate of drug-likeness (QED) is 0.760. The molecule has 3 heteroatoms. The van der Waals surface area contributed by atoms with Gasteiger partial charge < -0.3 is 5.32 Å². The van der Waals surface area contributed by atoms with E-state index in [1.54, 1.807) is 0 Å². The second-order valence-corrected chi connectivity index (χ2v) is 6.06. The smallest absolute Gasteiger partial charge is 0.0400 e. The van der Waals surface area contributed by atoms with E-state index in [4.69, 9.17) is 0 Å². The first-order valence-corrected chi connectivity index (χ1v) is 7.40. The van der Waals surface area contributed by atoms with Crippen LogP contribution < -0.4 is 5.32 Å². The Morgan fingerprint density at radius 3 is 2.50 bits per heavy atom. The van der Waals surface area contributed by atoms with E-state index in [1.807, 2.05) is 6.07 Å². The Kier molecular flexibility index (Phi) is 4.46. The first-order chi connectivity index (χ1) is 8.58. The lowest BCUT2D eigenvalue weighted by Gasteiger charge is -2.11. The largest absolute Gasteiger partial charge is 0.381 e. The van der Waals surface area contributed by atoms with E-state index >= 15 is 0 Å². The monoisotopic (exact) mass is 367 g/mol. The second kappa shape index (κ2) is 5.89. The maximum atomic E-state index is 3.55. The number of aryl methyl sites for hydroxylation is 1. The van der Waals surface area contributed by atoms with Crippen LogP contribution in [0, 0.1) is 13.8 Å². The summed E-state index contributed by atoms with van der Waals surface area (Å²) in [6, 6.07) is 12.6. The number of benzene rings is 2. The second-order valence-electron chi connectivity index (χ2n) is 4.35. The molecule has 0 spiro atoms.